The number of fused-ring (bicyclic) bond motifs is 5. The van der Waals surface area contributed by atoms with Crippen LogP contribution in [0, 0.1) is 20.8 Å². The highest BCUT2D eigenvalue weighted by Gasteiger charge is 2.37. The molecule has 0 aliphatic carbocycles. The van der Waals surface area contributed by atoms with E-state index in [-0.39, 0.29) is 5.41 Å². The van der Waals surface area contributed by atoms with Crippen molar-refractivity contribution in [3.8, 4) is 39.1 Å². The molecule has 3 heteroatoms. The van der Waals surface area contributed by atoms with Crippen LogP contribution in [0.15, 0.2) is 231 Å². The lowest BCUT2D eigenvalue weighted by Crippen LogP contribution is -2.30. The molecule has 2 heterocycles. The quantitative estimate of drug-likeness (QED) is 0.151. The van der Waals surface area contributed by atoms with Gasteiger partial charge in [-0.3, -0.25) is 0 Å². The number of nitrogens with zero attached hydrogens (tertiary/aromatic N) is 3. The Morgan fingerprint density at radius 3 is 1.67 bits per heavy atom. The van der Waals surface area contributed by atoms with Gasteiger partial charge in [-0.25, -0.2) is 0 Å². The molecule has 0 spiro atoms. The Labute approximate surface area is 405 Å². The lowest BCUT2D eigenvalue weighted by atomic mass is 9.72. The summed E-state index contributed by atoms with van der Waals surface area (Å²) in [5, 5.41) is 2.47. The molecule has 0 bridgehead atoms. The van der Waals surface area contributed by atoms with E-state index in [2.05, 4.69) is 280 Å². The van der Waals surface area contributed by atoms with Gasteiger partial charge in [0.1, 0.15) is 0 Å². The van der Waals surface area contributed by atoms with Crippen LogP contribution in [0.2, 0.25) is 0 Å². The average Bonchev–Trinajstić information content (AvgIpc) is 3.72. The molecule has 0 amide bonds. The number of aryl methyl sites for hydroxylation is 3. The van der Waals surface area contributed by atoms with Gasteiger partial charge in [-0.2, -0.15) is 0 Å². The molecule has 0 fully saturated rings. The molecule has 0 saturated carbocycles. The maximum absolute atomic E-state index is 2.49. The van der Waals surface area contributed by atoms with Gasteiger partial charge >= 0.3 is 0 Å². The molecule has 0 atom stereocenters. The van der Waals surface area contributed by atoms with E-state index < -0.39 is 0 Å². The molecule has 0 radical (unpaired) electrons. The van der Waals surface area contributed by atoms with E-state index in [0.29, 0.717) is 0 Å². The van der Waals surface area contributed by atoms with Crippen molar-refractivity contribution in [2.75, 3.05) is 9.80 Å². The van der Waals surface area contributed by atoms with Gasteiger partial charge in [0.05, 0.1) is 22.4 Å². The molecule has 69 heavy (non-hydrogen) atoms. The molecular weight excluding hydrogens is 835 g/mol. The smallest absolute Gasteiger partial charge is 0.0541 e. The molecule has 12 rings (SSSR count). The Kier molecular flexibility index (Phi) is 10.2. The van der Waals surface area contributed by atoms with E-state index in [9.17, 15) is 0 Å². The molecule has 0 unspecified atom stereocenters. The second kappa shape index (κ2) is 16.7. The van der Waals surface area contributed by atoms with E-state index in [4.69, 9.17) is 0 Å². The van der Waals surface area contributed by atoms with Gasteiger partial charge < -0.3 is 14.4 Å². The van der Waals surface area contributed by atoms with Crippen LogP contribution >= 0.6 is 0 Å². The van der Waals surface area contributed by atoms with E-state index in [1.807, 2.05) is 0 Å². The fourth-order valence-corrected chi connectivity index (χ4v) is 11.0. The van der Waals surface area contributed by atoms with Crippen molar-refractivity contribution < 1.29 is 0 Å². The molecule has 3 nitrogen and oxygen atoms in total. The molecule has 332 valence electrons. The minimum atomic E-state index is -0.270. The normalized spacial score (nSPS) is 12.8. The Hall–Kier alpha value is -8.40. The van der Waals surface area contributed by atoms with Gasteiger partial charge in [0, 0.05) is 44.6 Å². The number of para-hydroxylation sites is 4. The first-order valence-electron chi connectivity index (χ1n) is 24.1. The van der Waals surface area contributed by atoms with Crippen molar-refractivity contribution in [3.63, 3.8) is 0 Å². The molecule has 1 aromatic heterocycles. The predicted octanol–water partition coefficient (Wildman–Crippen LogP) is 18.3. The van der Waals surface area contributed by atoms with Crippen molar-refractivity contribution in [1.29, 1.82) is 0 Å². The van der Waals surface area contributed by atoms with Gasteiger partial charge in [0.2, 0.25) is 0 Å². The third-order valence-electron chi connectivity index (χ3n) is 14.4. The first-order chi connectivity index (χ1) is 33.7. The minimum absolute atomic E-state index is 0.270. The van der Waals surface area contributed by atoms with Gasteiger partial charge in [-0.05, 0) is 168 Å². The monoisotopic (exact) mass is 887 g/mol. The lowest BCUT2D eigenvalue weighted by Gasteiger charge is -2.42. The van der Waals surface area contributed by atoms with Crippen LogP contribution < -0.4 is 9.80 Å². The second-order valence-electron chi connectivity index (χ2n) is 19.2. The van der Waals surface area contributed by atoms with Crippen LogP contribution in [0.4, 0.5) is 34.1 Å². The minimum Gasteiger partial charge on any atom is -0.310 e. The average molecular weight is 888 g/mol. The van der Waals surface area contributed by atoms with Crippen molar-refractivity contribution in [2.24, 2.45) is 0 Å². The second-order valence-corrected chi connectivity index (χ2v) is 19.2. The largest absolute Gasteiger partial charge is 0.310 e. The van der Waals surface area contributed by atoms with Crippen LogP contribution in [-0.2, 0) is 5.41 Å². The van der Waals surface area contributed by atoms with Crippen molar-refractivity contribution in [3.05, 3.63) is 258 Å². The molecule has 0 N–H and O–H groups in total. The topological polar surface area (TPSA) is 11.4 Å². The highest BCUT2D eigenvalue weighted by molar-refractivity contribution is 6.11. The molecule has 0 saturated heterocycles. The first-order valence-corrected chi connectivity index (χ1v) is 24.1. The Morgan fingerprint density at radius 2 is 0.957 bits per heavy atom. The van der Waals surface area contributed by atoms with E-state index in [0.717, 1.165) is 28.4 Å². The van der Waals surface area contributed by atoms with Crippen molar-refractivity contribution >= 4 is 55.9 Å². The van der Waals surface area contributed by atoms with Crippen LogP contribution in [0.25, 0.3) is 60.9 Å². The summed E-state index contributed by atoms with van der Waals surface area (Å²) in [6.07, 6.45) is 0. The summed E-state index contributed by atoms with van der Waals surface area (Å²) in [5.74, 6) is 0. The summed E-state index contributed by atoms with van der Waals surface area (Å²) in [6, 6.07) is 85.2. The first kappa shape index (κ1) is 42.0. The molecular formula is C66H53N3. The summed E-state index contributed by atoms with van der Waals surface area (Å²) in [7, 11) is 0. The van der Waals surface area contributed by atoms with E-state index in [1.54, 1.807) is 0 Å². The molecule has 10 aromatic carbocycles. The summed E-state index contributed by atoms with van der Waals surface area (Å²) in [5.41, 5.74) is 23.7. The van der Waals surface area contributed by atoms with Crippen LogP contribution in [0.1, 0.15) is 41.7 Å². The summed E-state index contributed by atoms with van der Waals surface area (Å²) in [4.78, 5) is 4.82. The highest BCUT2D eigenvalue weighted by Crippen LogP contribution is 2.54. The number of aromatic nitrogens is 1. The molecule has 1 aliphatic rings. The third-order valence-corrected chi connectivity index (χ3v) is 14.4. The fraction of sp³-hybridized carbons (Fsp3) is 0.0909. The van der Waals surface area contributed by atoms with E-state index in [1.165, 1.54) is 94.4 Å². The van der Waals surface area contributed by atoms with Gasteiger partial charge in [-0.15, -0.1) is 0 Å². The van der Waals surface area contributed by atoms with Gasteiger partial charge in [0.15, 0.2) is 0 Å². The summed E-state index contributed by atoms with van der Waals surface area (Å²) < 4.78 is 2.40. The lowest BCUT2D eigenvalue weighted by molar-refractivity contribution is 0.632. The summed E-state index contributed by atoms with van der Waals surface area (Å²) >= 11 is 0. The van der Waals surface area contributed by atoms with Crippen molar-refractivity contribution in [1.82, 2.24) is 4.57 Å². The number of anilines is 6. The number of benzene rings is 10. The maximum atomic E-state index is 2.49. The summed E-state index contributed by atoms with van der Waals surface area (Å²) in [6.45, 7) is 11.3. The highest BCUT2D eigenvalue weighted by atomic mass is 15.2. The van der Waals surface area contributed by atoms with Crippen LogP contribution in [0.3, 0.4) is 0 Å². The Morgan fingerprint density at radius 1 is 0.377 bits per heavy atom. The Balaban J connectivity index is 1.08. The number of hydrogen-bond acceptors (Lipinski definition) is 2. The maximum Gasteiger partial charge on any atom is 0.0541 e. The third kappa shape index (κ3) is 7.12. The zero-order valence-electron chi connectivity index (χ0n) is 39.8. The van der Waals surface area contributed by atoms with E-state index >= 15 is 0 Å². The predicted molar refractivity (Wildman–Crippen MR) is 293 cm³/mol. The SMILES string of the molecule is Cc1ccc(N(c2ccc(C)cc2)c2ccc(-c3cccc(-c4ccc5c(c4)c4ccccc4n5-c4ccccc4)c3-c3ccc4c(c3)C(C)(C)c3ccccc3N4c3ccccc3)c(C)c2)cc1. The fourth-order valence-electron chi connectivity index (χ4n) is 11.0. The molecule has 11 aromatic rings. The zero-order valence-corrected chi connectivity index (χ0v) is 39.8. The van der Waals surface area contributed by atoms with Gasteiger partial charge in [-0.1, -0.05) is 158 Å². The number of rotatable bonds is 8. The standard InChI is InChI=1S/C66H53N3/c1-44-27-33-51(34-28-44)67(52-35-29-45(2)30-36-52)53-37-38-54(46(3)41-53)57-23-16-22-55(47-31-39-62-58(42-47)56-21-12-14-25-61(56)68(62)49-17-8-6-9-18-49)65(57)48-32-40-64-60(43-48)66(4,5)59-24-13-15-26-63(59)69(64)50-19-10-7-11-20-50/h6-43H,1-5H3. The van der Waals surface area contributed by atoms with Crippen LogP contribution in [0.5, 0.6) is 0 Å². The van der Waals surface area contributed by atoms with Crippen molar-refractivity contribution in [2.45, 2.75) is 40.0 Å². The molecule has 1 aliphatic heterocycles. The Bertz CT molecular complexity index is 3670. The number of hydrogen-bond donors (Lipinski definition) is 0. The van der Waals surface area contributed by atoms with Crippen LogP contribution in [-0.4, -0.2) is 4.57 Å². The zero-order chi connectivity index (χ0) is 46.8. The van der Waals surface area contributed by atoms with Gasteiger partial charge in [0.25, 0.3) is 0 Å².